The summed E-state index contributed by atoms with van der Waals surface area (Å²) in [7, 11) is 0. The maximum atomic E-state index is 10.1. The Morgan fingerprint density at radius 3 is 2.62 bits per heavy atom. The monoisotopic (exact) mass is 177 g/mol. The number of rotatable bonds is 5. The molecule has 1 aromatic rings. The molecule has 0 bridgehead atoms. The average molecular weight is 177 g/mol. The third-order valence-electron chi connectivity index (χ3n) is 2.05. The highest BCUT2D eigenvalue weighted by Crippen LogP contribution is 2.04. The van der Waals surface area contributed by atoms with Gasteiger partial charge in [0.05, 0.1) is 0 Å². The van der Waals surface area contributed by atoms with Gasteiger partial charge in [0.15, 0.2) is 0 Å². The second kappa shape index (κ2) is 5.49. The minimum atomic E-state index is 0.0118. The zero-order valence-electron chi connectivity index (χ0n) is 7.65. The van der Waals surface area contributed by atoms with Crippen molar-refractivity contribution in [2.45, 2.75) is 25.3 Å². The SMILES string of the molecule is N[C@H](CC=O)CCc1ccccc1. The molecular formula is C11H15NO. The van der Waals surface area contributed by atoms with E-state index in [1.54, 1.807) is 0 Å². The molecule has 1 rings (SSSR count). The van der Waals surface area contributed by atoms with Crippen molar-refractivity contribution in [3.63, 3.8) is 0 Å². The molecule has 0 amide bonds. The van der Waals surface area contributed by atoms with Gasteiger partial charge in [-0.3, -0.25) is 0 Å². The quantitative estimate of drug-likeness (QED) is 0.693. The van der Waals surface area contributed by atoms with Crippen LogP contribution in [0.1, 0.15) is 18.4 Å². The maximum absolute atomic E-state index is 10.1. The standard InChI is InChI=1S/C11H15NO/c12-11(8-9-13)7-6-10-4-2-1-3-5-10/h1-5,9,11H,6-8,12H2/t11-/m0/s1. The Bertz CT molecular complexity index is 246. The molecular weight excluding hydrogens is 162 g/mol. The molecule has 0 spiro atoms. The molecule has 2 heteroatoms. The smallest absolute Gasteiger partial charge is 0.121 e. The van der Waals surface area contributed by atoms with Gasteiger partial charge >= 0.3 is 0 Å². The molecule has 0 saturated carbocycles. The Morgan fingerprint density at radius 2 is 2.00 bits per heavy atom. The van der Waals surface area contributed by atoms with Crippen LogP contribution in [0.15, 0.2) is 30.3 Å². The number of carbonyl (C=O) groups is 1. The molecule has 0 heterocycles. The predicted octanol–water partition coefficient (Wildman–Crippen LogP) is 1.54. The van der Waals surface area contributed by atoms with E-state index in [1.165, 1.54) is 5.56 Å². The zero-order valence-corrected chi connectivity index (χ0v) is 7.65. The summed E-state index contributed by atoms with van der Waals surface area (Å²) in [6.45, 7) is 0. The molecule has 0 aliphatic heterocycles. The van der Waals surface area contributed by atoms with Crippen LogP contribution in [0, 0.1) is 0 Å². The van der Waals surface area contributed by atoms with Gasteiger partial charge in [0, 0.05) is 12.5 Å². The molecule has 0 aliphatic rings. The van der Waals surface area contributed by atoms with Gasteiger partial charge in [-0.05, 0) is 18.4 Å². The van der Waals surface area contributed by atoms with Gasteiger partial charge in [-0.25, -0.2) is 0 Å². The van der Waals surface area contributed by atoms with Crippen molar-refractivity contribution >= 4 is 6.29 Å². The van der Waals surface area contributed by atoms with Crippen LogP contribution >= 0.6 is 0 Å². The van der Waals surface area contributed by atoms with E-state index in [1.807, 2.05) is 18.2 Å². The molecule has 0 radical (unpaired) electrons. The lowest BCUT2D eigenvalue weighted by Crippen LogP contribution is -2.20. The lowest BCUT2D eigenvalue weighted by molar-refractivity contribution is -0.108. The topological polar surface area (TPSA) is 43.1 Å². The number of aldehydes is 1. The zero-order chi connectivity index (χ0) is 9.52. The van der Waals surface area contributed by atoms with Crippen molar-refractivity contribution in [3.05, 3.63) is 35.9 Å². The van der Waals surface area contributed by atoms with Crippen LogP contribution in [-0.4, -0.2) is 12.3 Å². The van der Waals surface area contributed by atoms with Crippen molar-refractivity contribution in [2.75, 3.05) is 0 Å². The number of hydrogen-bond acceptors (Lipinski definition) is 2. The van der Waals surface area contributed by atoms with Crippen LogP contribution < -0.4 is 5.73 Å². The Morgan fingerprint density at radius 1 is 1.31 bits per heavy atom. The van der Waals surface area contributed by atoms with Gasteiger partial charge in [0.1, 0.15) is 6.29 Å². The maximum Gasteiger partial charge on any atom is 0.121 e. The van der Waals surface area contributed by atoms with Crippen LogP contribution in [0.4, 0.5) is 0 Å². The lowest BCUT2D eigenvalue weighted by atomic mass is 10.0. The second-order valence-electron chi connectivity index (χ2n) is 3.19. The van der Waals surface area contributed by atoms with Crippen molar-refractivity contribution in [1.29, 1.82) is 0 Å². The Kier molecular flexibility index (Phi) is 4.19. The normalized spacial score (nSPS) is 12.4. The van der Waals surface area contributed by atoms with Crippen LogP contribution in [0.3, 0.4) is 0 Å². The fraction of sp³-hybridized carbons (Fsp3) is 0.364. The molecule has 0 aliphatic carbocycles. The third-order valence-corrected chi connectivity index (χ3v) is 2.05. The molecule has 70 valence electrons. The van der Waals surface area contributed by atoms with Crippen molar-refractivity contribution in [2.24, 2.45) is 5.73 Å². The Hall–Kier alpha value is -1.15. The molecule has 0 aromatic heterocycles. The van der Waals surface area contributed by atoms with Crippen LogP contribution in [0.2, 0.25) is 0 Å². The first-order valence-electron chi connectivity index (χ1n) is 4.56. The minimum Gasteiger partial charge on any atom is -0.327 e. The van der Waals surface area contributed by atoms with Gasteiger partial charge in [0.2, 0.25) is 0 Å². The van der Waals surface area contributed by atoms with Gasteiger partial charge in [-0.15, -0.1) is 0 Å². The van der Waals surface area contributed by atoms with E-state index in [-0.39, 0.29) is 6.04 Å². The molecule has 1 aromatic carbocycles. The second-order valence-corrected chi connectivity index (χ2v) is 3.19. The summed E-state index contributed by atoms with van der Waals surface area (Å²) >= 11 is 0. The fourth-order valence-electron chi connectivity index (χ4n) is 1.24. The van der Waals surface area contributed by atoms with Gasteiger partial charge < -0.3 is 10.5 Å². The lowest BCUT2D eigenvalue weighted by Gasteiger charge is -2.06. The first-order valence-corrected chi connectivity index (χ1v) is 4.56. The summed E-state index contributed by atoms with van der Waals surface area (Å²) < 4.78 is 0. The van der Waals surface area contributed by atoms with Crippen molar-refractivity contribution in [1.82, 2.24) is 0 Å². The van der Waals surface area contributed by atoms with Crippen LogP contribution in [0.25, 0.3) is 0 Å². The van der Waals surface area contributed by atoms with Crippen molar-refractivity contribution in [3.8, 4) is 0 Å². The predicted molar refractivity (Wildman–Crippen MR) is 53.4 cm³/mol. The largest absolute Gasteiger partial charge is 0.327 e. The van der Waals surface area contributed by atoms with E-state index >= 15 is 0 Å². The van der Waals surface area contributed by atoms with E-state index in [2.05, 4.69) is 12.1 Å². The highest BCUT2D eigenvalue weighted by atomic mass is 16.1. The van der Waals surface area contributed by atoms with Crippen LogP contribution in [0.5, 0.6) is 0 Å². The average Bonchev–Trinajstić information content (AvgIpc) is 2.17. The first kappa shape index (κ1) is 9.93. The fourth-order valence-corrected chi connectivity index (χ4v) is 1.24. The number of nitrogens with two attached hydrogens (primary N) is 1. The molecule has 2 N–H and O–H groups in total. The molecule has 13 heavy (non-hydrogen) atoms. The number of aryl methyl sites for hydroxylation is 1. The molecule has 1 atom stereocenters. The summed E-state index contributed by atoms with van der Waals surface area (Å²) in [5.41, 5.74) is 6.98. The summed E-state index contributed by atoms with van der Waals surface area (Å²) in [4.78, 5) is 10.1. The Balaban J connectivity index is 2.30. The van der Waals surface area contributed by atoms with Gasteiger partial charge in [0.25, 0.3) is 0 Å². The van der Waals surface area contributed by atoms with E-state index < -0.39 is 0 Å². The summed E-state index contributed by atoms with van der Waals surface area (Å²) in [6.07, 6.45) is 3.18. The minimum absolute atomic E-state index is 0.0118. The molecule has 2 nitrogen and oxygen atoms in total. The highest BCUT2D eigenvalue weighted by molar-refractivity contribution is 5.50. The first-order chi connectivity index (χ1) is 6.33. The van der Waals surface area contributed by atoms with E-state index in [0.29, 0.717) is 6.42 Å². The number of carbonyl (C=O) groups excluding carboxylic acids is 1. The van der Waals surface area contributed by atoms with Gasteiger partial charge in [-0.1, -0.05) is 30.3 Å². The summed E-state index contributed by atoms with van der Waals surface area (Å²) in [6, 6.07) is 10.2. The summed E-state index contributed by atoms with van der Waals surface area (Å²) in [5.74, 6) is 0. The van der Waals surface area contributed by atoms with E-state index in [9.17, 15) is 4.79 Å². The van der Waals surface area contributed by atoms with Crippen LogP contribution in [-0.2, 0) is 11.2 Å². The van der Waals surface area contributed by atoms with E-state index in [4.69, 9.17) is 5.73 Å². The number of benzene rings is 1. The molecule has 0 saturated heterocycles. The Labute approximate surface area is 78.8 Å². The van der Waals surface area contributed by atoms with Gasteiger partial charge in [-0.2, -0.15) is 0 Å². The van der Waals surface area contributed by atoms with Crippen molar-refractivity contribution < 1.29 is 4.79 Å². The highest BCUT2D eigenvalue weighted by Gasteiger charge is 2.01. The summed E-state index contributed by atoms with van der Waals surface area (Å²) in [5, 5.41) is 0. The van der Waals surface area contributed by atoms with E-state index in [0.717, 1.165) is 19.1 Å². The number of hydrogen-bond donors (Lipinski definition) is 1. The molecule has 0 unspecified atom stereocenters. The third kappa shape index (κ3) is 3.85. The molecule has 0 fully saturated rings.